The number of carbonyl (C=O) groups excluding carboxylic acids is 2. The number of hydrogen-bond donors (Lipinski definition) is 1. The van der Waals surface area contributed by atoms with Crippen molar-refractivity contribution in [1.82, 2.24) is 10.2 Å². The van der Waals surface area contributed by atoms with Crippen LogP contribution in [0.15, 0.2) is 35.5 Å². The van der Waals surface area contributed by atoms with E-state index in [0.717, 1.165) is 5.56 Å². The number of rotatable bonds is 4. The number of H-pyrrole nitrogens is 1. The summed E-state index contributed by atoms with van der Waals surface area (Å²) in [6.07, 6.45) is 2.18. The summed E-state index contributed by atoms with van der Waals surface area (Å²) in [5, 5.41) is 7.22. The van der Waals surface area contributed by atoms with E-state index in [2.05, 4.69) is 15.2 Å². The summed E-state index contributed by atoms with van der Waals surface area (Å²) in [6.45, 7) is 1.93. The van der Waals surface area contributed by atoms with Gasteiger partial charge in [-0.1, -0.05) is 29.8 Å². The summed E-state index contributed by atoms with van der Waals surface area (Å²) in [7, 11) is 0. The summed E-state index contributed by atoms with van der Waals surface area (Å²) in [5.74, 6) is -1.38. The number of fused-ring (bicyclic) bond motifs is 1. The Morgan fingerprint density at radius 1 is 1.39 bits per heavy atom. The van der Waals surface area contributed by atoms with E-state index in [9.17, 15) is 9.59 Å². The van der Waals surface area contributed by atoms with Crippen molar-refractivity contribution in [2.75, 3.05) is 6.61 Å². The summed E-state index contributed by atoms with van der Waals surface area (Å²) in [4.78, 5) is 28.1. The van der Waals surface area contributed by atoms with Crippen LogP contribution in [-0.4, -0.2) is 34.8 Å². The standard InChI is InChI=1S/C16H14ClN3O3/c1-2-23-16(22)14-12(8-21)19-15-10(7-18-20-15)13(14)9-5-3-4-6-11(9)17/h3-8,13-14H,2H2,1H3,(H,18,20). The molecule has 0 bridgehead atoms. The molecule has 0 fully saturated rings. The molecule has 1 aliphatic rings. The molecule has 0 amide bonds. The molecule has 6 nitrogen and oxygen atoms in total. The first-order valence-corrected chi connectivity index (χ1v) is 7.53. The van der Waals surface area contributed by atoms with E-state index in [1.807, 2.05) is 12.1 Å². The fourth-order valence-electron chi connectivity index (χ4n) is 2.82. The summed E-state index contributed by atoms with van der Waals surface area (Å²) in [5.41, 5.74) is 1.54. The molecule has 3 rings (SSSR count). The topological polar surface area (TPSA) is 84.4 Å². The first-order valence-electron chi connectivity index (χ1n) is 7.15. The Kier molecular flexibility index (Phi) is 4.25. The Hall–Kier alpha value is -2.47. The number of ether oxygens (including phenoxy) is 1. The predicted molar refractivity (Wildman–Crippen MR) is 85.2 cm³/mol. The number of aldehydes is 1. The quantitative estimate of drug-likeness (QED) is 0.689. The van der Waals surface area contributed by atoms with Gasteiger partial charge < -0.3 is 4.74 Å². The second kappa shape index (κ2) is 6.34. The second-order valence-electron chi connectivity index (χ2n) is 5.06. The normalized spacial score (nSPS) is 19.7. The van der Waals surface area contributed by atoms with Gasteiger partial charge in [0.05, 0.1) is 18.5 Å². The Balaban J connectivity index is 2.19. The highest BCUT2D eigenvalue weighted by Crippen LogP contribution is 2.43. The third kappa shape index (κ3) is 2.66. The second-order valence-corrected chi connectivity index (χ2v) is 5.46. The minimum Gasteiger partial charge on any atom is -0.465 e. The molecule has 23 heavy (non-hydrogen) atoms. The van der Waals surface area contributed by atoms with E-state index in [1.165, 1.54) is 0 Å². The number of nitrogens with zero attached hydrogens (tertiary/aromatic N) is 2. The molecule has 118 valence electrons. The van der Waals surface area contributed by atoms with Crippen LogP contribution in [0.1, 0.15) is 24.0 Å². The Labute approximate surface area is 137 Å². The van der Waals surface area contributed by atoms with Crippen LogP contribution in [0.2, 0.25) is 5.02 Å². The van der Waals surface area contributed by atoms with Crippen molar-refractivity contribution < 1.29 is 14.3 Å². The maximum Gasteiger partial charge on any atom is 0.316 e. The van der Waals surface area contributed by atoms with Gasteiger partial charge in [0, 0.05) is 16.5 Å². The minimum atomic E-state index is -0.850. The lowest BCUT2D eigenvalue weighted by Crippen LogP contribution is -2.35. The molecular formula is C16H14ClN3O3. The third-order valence-electron chi connectivity index (χ3n) is 3.78. The molecule has 0 spiro atoms. The Morgan fingerprint density at radius 2 is 2.17 bits per heavy atom. The Bertz CT molecular complexity index is 784. The van der Waals surface area contributed by atoms with Gasteiger partial charge in [-0.25, -0.2) is 4.99 Å². The summed E-state index contributed by atoms with van der Waals surface area (Å²) >= 11 is 6.32. The first kappa shape index (κ1) is 15.4. The highest BCUT2D eigenvalue weighted by atomic mass is 35.5. The van der Waals surface area contributed by atoms with Gasteiger partial charge in [-0.2, -0.15) is 5.10 Å². The number of aromatic amines is 1. The smallest absolute Gasteiger partial charge is 0.316 e. The summed E-state index contributed by atoms with van der Waals surface area (Å²) in [6, 6.07) is 7.20. The number of hydrogen-bond acceptors (Lipinski definition) is 5. The van der Waals surface area contributed by atoms with Crippen molar-refractivity contribution in [3.8, 4) is 0 Å². The van der Waals surface area contributed by atoms with Crippen LogP contribution in [0.3, 0.4) is 0 Å². The van der Waals surface area contributed by atoms with Gasteiger partial charge in [0.15, 0.2) is 12.1 Å². The zero-order chi connectivity index (χ0) is 16.4. The van der Waals surface area contributed by atoms with E-state index in [1.54, 1.807) is 25.3 Å². The molecule has 1 aromatic heterocycles. The number of halogens is 1. The average Bonchev–Trinajstić information content (AvgIpc) is 3.02. The molecule has 2 unspecified atom stereocenters. The average molecular weight is 332 g/mol. The number of benzene rings is 1. The molecule has 1 N–H and O–H groups in total. The molecule has 2 heterocycles. The fourth-order valence-corrected chi connectivity index (χ4v) is 3.07. The SMILES string of the molecule is CCOC(=O)C1C(C=O)=Nc2[nH]ncc2C1c1ccccc1Cl. The highest BCUT2D eigenvalue weighted by Gasteiger charge is 2.41. The van der Waals surface area contributed by atoms with Crippen LogP contribution in [0.4, 0.5) is 5.82 Å². The number of esters is 1. The molecule has 0 saturated carbocycles. The van der Waals surface area contributed by atoms with Crippen molar-refractivity contribution in [2.24, 2.45) is 10.9 Å². The predicted octanol–water partition coefficient (Wildman–Crippen LogP) is 2.66. The van der Waals surface area contributed by atoms with Crippen molar-refractivity contribution >= 4 is 35.4 Å². The van der Waals surface area contributed by atoms with Gasteiger partial charge >= 0.3 is 5.97 Å². The molecule has 1 aliphatic heterocycles. The van der Waals surface area contributed by atoms with Crippen molar-refractivity contribution in [3.05, 3.63) is 46.6 Å². The van der Waals surface area contributed by atoms with E-state index >= 15 is 0 Å². The maximum absolute atomic E-state index is 12.5. The third-order valence-corrected chi connectivity index (χ3v) is 4.12. The largest absolute Gasteiger partial charge is 0.465 e. The first-order chi connectivity index (χ1) is 11.2. The maximum atomic E-state index is 12.5. The molecule has 0 radical (unpaired) electrons. The van der Waals surface area contributed by atoms with Gasteiger partial charge in [-0.3, -0.25) is 14.7 Å². The minimum absolute atomic E-state index is 0.102. The van der Waals surface area contributed by atoms with E-state index in [-0.39, 0.29) is 12.3 Å². The Morgan fingerprint density at radius 3 is 2.87 bits per heavy atom. The molecule has 0 saturated heterocycles. The number of nitrogens with one attached hydrogen (secondary N) is 1. The lowest BCUT2D eigenvalue weighted by Gasteiger charge is -2.28. The van der Waals surface area contributed by atoms with Crippen LogP contribution in [0.5, 0.6) is 0 Å². The van der Waals surface area contributed by atoms with E-state index in [4.69, 9.17) is 16.3 Å². The van der Waals surface area contributed by atoms with Gasteiger partial charge in [0.1, 0.15) is 5.92 Å². The molecular weight excluding hydrogens is 318 g/mol. The van der Waals surface area contributed by atoms with Crippen molar-refractivity contribution in [3.63, 3.8) is 0 Å². The van der Waals surface area contributed by atoms with E-state index < -0.39 is 17.8 Å². The van der Waals surface area contributed by atoms with Crippen molar-refractivity contribution in [1.29, 1.82) is 0 Å². The van der Waals surface area contributed by atoms with Gasteiger partial charge in [0.25, 0.3) is 0 Å². The number of aliphatic imine (C=N–C) groups is 1. The zero-order valence-electron chi connectivity index (χ0n) is 12.3. The van der Waals surface area contributed by atoms with Gasteiger partial charge in [-0.15, -0.1) is 0 Å². The number of carbonyl (C=O) groups is 2. The van der Waals surface area contributed by atoms with Crippen molar-refractivity contribution in [2.45, 2.75) is 12.8 Å². The molecule has 7 heteroatoms. The number of aromatic nitrogens is 2. The summed E-state index contributed by atoms with van der Waals surface area (Å²) < 4.78 is 5.14. The lowest BCUT2D eigenvalue weighted by atomic mass is 9.77. The molecule has 2 atom stereocenters. The molecule has 0 aliphatic carbocycles. The van der Waals surface area contributed by atoms with Crippen LogP contribution in [0.25, 0.3) is 0 Å². The highest BCUT2D eigenvalue weighted by molar-refractivity contribution is 6.35. The van der Waals surface area contributed by atoms with Gasteiger partial charge in [0.2, 0.25) is 0 Å². The molecule has 2 aromatic rings. The molecule has 1 aromatic carbocycles. The zero-order valence-corrected chi connectivity index (χ0v) is 13.1. The van der Waals surface area contributed by atoms with E-state index in [0.29, 0.717) is 22.7 Å². The van der Waals surface area contributed by atoms with Crippen LogP contribution in [-0.2, 0) is 14.3 Å². The van der Waals surface area contributed by atoms with Crippen LogP contribution in [0, 0.1) is 5.92 Å². The monoisotopic (exact) mass is 331 g/mol. The van der Waals surface area contributed by atoms with Gasteiger partial charge in [-0.05, 0) is 18.6 Å². The van der Waals surface area contributed by atoms with Crippen LogP contribution >= 0.6 is 11.6 Å². The lowest BCUT2D eigenvalue weighted by molar-refractivity contribution is -0.146. The van der Waals surface area contributed by atoms with Crippen LogP contribution < -0.4 is 0 Å². The fraction of sp³-hybridized carbons (Fsp3) is 0.250.